The van der Waals surface area contributed by atoms with Crippen molar-refractivity contribution in [1.82, 2.24) is 4.57 Å². The third-order valence-electron chi connectivity index (χ3n) is 9.38. The third-order valence-corrected chi connectivity index (χ3v) is 9.38. The zero-order valence-corrected chi connectivity index (χ0v) is 26.4. The van der Waals surface area contributed by atoms with Crippen LogP contribution < -0.4 is 4.90 Å². The van der Waals surface area contributed by atoms with Gasteiger partial charge in [-0.2, -0.15) is 0 Å². The van der Waals surface area contributed by atoms with Crippen molar-refractivity contribution >= 4 is 49.6 Å². The molecular formula is C46H32N2. The Hall–Kier alpha value is -6.38. The van der Waals surface area contributed by atoms with Gasteiger partial charge < -0.3 is 9.47 Å². The smallest absolute Gasteiger partial charge is 0.0546 e. The van der Waals surface area contributed by atoms with Crippen LogP contribution in [0.1, 0.15) is 0 Å². The average Bonchev–Trinajstić information content (AvgIpc) is 3.50. The molecule has 1 aromatic heterocycles. The second-order valence-corrected chi connectivity index (χ2v) is 12.2. The second-order valence-electron chi connectivity index (χ2n) is 12.2. The quantitative estimate of drug-likeness (QED) is 0.181. The summed E-state index contributed by atoms with van der Waals surface area (Å²) in [7, 11) is 0. The Morgan fingerprint density at radius 3 is 1.62 bits per heavy atom. The third kappa shape index (κ3) is 4.74. The van der Waals surface area contributed by atoms with E-state index in [4.69, 9.17) is 0 Å². The number of fused-ring (bicyclic) bond motifs is 4. The van der Waals surface area contributed by atoms with E-state index in [-0.39, 0.29) is 0 Å². The highest BCUT2D eigenvalue weighted by molar-refractivity contribution is 6.09. The summed E-state index contributed by atoms with van der Waals surface area (Å²) in [6.45, 7) is 0. The summed E-state index contributed by atoms with van der Waals surface area (Å²) in [5, 5.41) is 5.02. The van der Waals surface area contributed by atoms with Gasteiger partial charge in [0.1, 0.15) is 0 Å². The van der Waals surface area contributed by atoms with E-state index in [2.05, 4.69) is 204 Å². The van der Waals surface area contributed by atoms with Crippen LogP contribution >= 0.6 is 0 Å². The lowest BCUT2D eigenvalue weighted by Gasteiger charge is -2.29. The molecule has 0 bridgehead atoms. The molecule has 226 valence electrons. The van der Waals surface area contributed by atoms with Gasteiger partial charge in [0.25, 0.3) is 0 Å². The molecule has 1 heterocycles. The summed E-state index contributed by atoms with van der Waals surface area (Å²) < 4.78 is 2.37. The Labute approximate surface area is 280 Å². The molecule has 0 N–H and O–H groups in total. The Kier molecular flexibility index (Phi) is 6.84. The molecule has 2 nitrogen and oxygen atoms in total. The van der Waals surface area contributed by atoms with Crippen LogP contribution in [0, 0.1) is 0 Å². The molecule has 8 aromatic carbocycles. The number of para-hydroxylation sites is 3. The van der Waals surface area contributed by atoms with Crippen LogP contribution in [-0.2, 0) is 0 Å². The van der Waals surface area contributed by atoms with Crippen molar-refractivity contribution in [2.75, 3.05) is 4.90 Å². The fourth-order valence-electron chi connectivity index (χ4n) is 7.18. The lowest BCUT2D eigenvalue weighted by molar-refractivity contribution is 1.17. The molecule has 2 heteroatoms. The fourth-order valence-corrected chi connectivity index (χ4v) is 7.18. The molecule has 0 aliphatic heterocycles. The normalized spacial score (nSPS) is 11.3. The van der Waals surface area contributed by atoms with Gasteiger partial charge in [-0.05, 0) is 82.1 Å². The number of rotatable bonds is 6. The van der Waals surface area contributed by atoms with Crippen LogP contribution in [0.5, 0.6) is 0 Å². The van der Waals surface area contributed by atoms with E-state index in [0.29, 0.717) is 0 Å². The van der Waals surface area contributed by atoms with Gasteiger partial charge in [0.05, 0.1) is 16.7 Å². The summed E-state index contributed by atoms with van der Waals surface area (Å²) >= 11 is 0. The van der Waals surface area contributed by atoms with E-state index in [1.54, 1.807) is 0 Å². The van der Waals surface area contributed by atoms with E-state index >= 15 is 0 Å². The largest absolute Gasteiger partial charge is 0.310 e. The topological polar surface area (TPSA) is 8.17 Å². The standard InChI is InChI=1S/C46H32N2/c1-3-14-34(15-4-1)41-31-26-35(40-23-13-17-33-16-7-8-20-39(33)40)32-46(41)47(36-18-5-2-6-19-36)37-27-29-38(30-28-37)48-44-24-11-9-21-42(44)43-22-10-12-25-45(43)48/h1-32H. The Balaban J connectivity index is 1.25. The molecule has 0 aliphatic carbocycles. The highest BCUT2D eigenvalue weighted by Crippen LogP contribution is 2.44. The first-order valence-electron chi connectivity index (χ1n) is 16.4. The summed E-state index contributed by atoms with van der Waals surface area (Å²) in [6, 6.07) is 69.9. The lowest BCUT2D eigenvalue weighted by Crippen LogP contribution is -2.11. The molecule has 0 saturated heterocycles. The minimum atomic E-state index is 1.10. The monoisotopic (exact) mass is 612 g/mol. The maximum atomic E-state index is 2.40. The first kappa shape index (κ1) is 27.9. The van der Waals surface area contributed by atoms with Gasteiger partial charge in [0.2, 0.25) is 0 Å². The van der Waals surface area contributed by atoms with E-state index in [1.165, 1.54) is 54.8 Å². The van der Waals surface area contributed by atoms with Crippen LogP contribution in [0.4, 0.5) is 17.1 Å². The van der Waals surface area contributed by atoms with Gasteiger partial charge in [-0.15, -0.1) is 0 Å². The van der Waals surface area contributed by atoms with Gasteiger partial charge in [-0.1, -0.05) is 140 Å². The summed E-state index contributed by atoms with van der Waals surface area (Å²) in [5.41, 5.74) is 11.6. The molecule has 0 amide bonds. The van der Waals surface area contributed by atoms with Gasteiger partial charge in [0.15, 0.2) is 0 Å². The zero-order valence-electron chi connectivity index (χ0n) is 26.4. The maximum Gasteiger partial charge on any atom is 0.0546 e. The lowest BCUT2D eigenvalue weighted by atomic mass is 9.94. The van der Waals surface area contributed by atoms with Gasteiger partial charge in [-0.3, -0.25) is 0 Å². The number of hydrogen-bond acceptors (Lipinski definition) is 1. The molecule has 0 atom stereocenters. The van der Waals surface area contributed by atoms with E-state index in [0.717, 1.165) is 22.7 Å². The van der Waals surface area contributed by atoms with Crippen LogP contribution in [-0.4, -0.2) is 4.57 Å². The van der Waals surface area contributed by atoms with E-state index < -0.39 is 0 Å². The molecule has 9 aromatic rings. The number of benzene rings is 8. The van der Waals surface area contributed by atoms with Crippen LogP contribution in [0.3, 0.4) is 0 Å². The Bertz CT molecular complexity index is 2490. The maximum absolute atomic E-state index is 2.40. The minimum absolute atomic E-state index is 1.10. The number of nitrogens with zero attached hydrogens (tertiary/aromatic N) is 2. The molecular weight excluding hydrogens is 581 g/mol. The predicted octanol–water partition coefficient (Wildman–Crippen LogP) is 12.7. The molecule has 0 aliphatic rings. The van der Waals surface area contributed by atoms with Gasteiger partial charge in [0, 0.05) is 33.4 Å². The molecule has 48 heavy (non-hydrogen) atoms. The van der Waals surface area contributed by atoms with E-state index in [1.807, 2.05) is 0 Å². The summed E-state index contributed by atoms with van der Waals surface area (Å²) in [6.07, 6.45) is 0. The van der Waals surface area contributed by atoms with Gasteiger partial charge in [-0.25, -0.2) is 0 Å². The molecule has 9 rings (SSSR count). The van der Waals surface area contributed by atoms with Crippen molar-refractivity contribution in [3.63, 3.8) is 0 Å². The zero-order chi connectivity index (χ0) is 31.9. The van der Waals surface area contributed by atoms with Crippen molar-refractivity contribution in [3.05, 3.63) is 194 Å². The van der Waals surface area contributed by atoms with E-state index in [9.17, 15) is 0 Å². The highest BCUT2D eigenvalue weighted by Gasteiger charge is 2.20. The minimum Gasteiger partial charge on any atom is -0.310 e. The van der Waals surface area contributed by atoms with Gasteiger partial charge >= 0.3 is 0 Å². The van der Waals surface area contributed by atoms with Crippen LogP contribution in [0.2, 0.25) is 0 Å². The highest BCUT2D eigenvalue weighted by atomic mass is 15.1. The molecule has 0 fully saturated rings. The van der Waals surface area contributed by atoms with Crippen molar-refractivity contribution in [1.29, 1.82) is 0 Å². The first-order valence-corrected chi connectivity index (χ1v) is 16.4. The number of hydrogen-bond donors (Lipinski definition) is 0. The summed E-state index contributed by atoms with van der Waals surface area (Å²) in [4.78, 5) is 2.40. The second kappa shape index (κ2) is 11.8. The van der Waals surface area contributed by atoms with Crippen molar-refractivity contribution in [2.24, 2.45) is 0 Å². The average molecular weight is 613 g/mol. The fraction of sp³-hybridized carbons (Fsp3) is 0. The van der Waals surface area contributed by atoms with Crippen LogP contribution in [0.25, 0.3) is 60.5 Å². The molecule has 0 spiro atoms. The Morgan fingerprint density at radius 2 is 0.917 bits per heavy atom. The first-order chi connectivity index (χ1) is 23.8. The SMILES string of the molecule is c1ccc(-c2ccc(-c3cccc4ccccc34)cc2N(c2ccccc2)c2ccc(-n3c4ccccc4c4ccccc43)cc2)cc1. The van der Waals surface area contributed by atoms with Crippen molar-refractivity contribution < 1.29 is 0 Å². The Morgan fingerprint density at radius 1 is 0.354 bits per heavy atom. The van der Waals surface area contributed by atoms with Crippen molar-refractivity contribution in [3.8, 4) is 27.9 Å². The van der Waals surface area contributed by atoms with Crippen LogP contribution in [0.15, 0.2) is 194 Å². The predicted molar refractivity (Wildman–Crippen MR) is 204 cm³/mol. The molecule has 0 saturated carbocycles. The number of aromatic nitrogens is 1. The summed E-state index contributed by atoms with van der Waals surface area (Å²) in [5.74, 6) is 0. The molecule has 0 unspecified atom stereocenters. The number of anilines is 3. The molecule has 0 radical (unpaired) electrons. The van der Waals surface area contributed by atoms with Crippen molar-refractivity contribution in [2.45, 2.75) is 0 Å².